The summed E-state index contributed by atoms with van der Waals surface area (Å²) in [6.07, 6.45) is 10.2. The monoisotopic (exact) mass is 1230 g/mol. The van der Waals surface area contributed by atoms with Crippen LogP contribution in [0.3, 0.4) is 0 Å². The fraction of sp³-hybridized carbons (Fsp3) is 0.444. The third-order valence-corrected chi connectivity index (χ3v) is 8.66. The van der Waals surface area contributed by atoms with Gasteiger partial charge in [0, 0.05) is 56.9 Å². The van der Waals surface area contributed by atoms with E-state index in [4.69, 9.17) is 129 Å². The average molecular weight is 1230 g/mol. The summed E-state index contributed by atoms with van der Waals surface area (Å²) < 4.78 is 9.09. The standard InChI is InChI=1S/C8H11ClN2S.C7H8Cl2N2S.2C5H4Cl2N2S.C2H6O.2C2H6.4CO2.CH4.Cl2OS/c1-4-6-5(2)10-8(12-3)11-7(6)9;1-3-4-5(8)10-7(12-2)11-6(4)9;2*1-10-5-8-3(6)2-4(7)9-5;1-2-3;2*1-2;4*2-1-3;;1-4(2)3/h4H2,1-3H3;3H2,1-2H3;2*2H,1H3;3H,2H2,1H3;2*1-2H3;;;;;1H4;. The van der Waals surface area contributed by atoms with Crippen LogP contribution in [-0.2, 0) is 60.4 Å². The average Bonchev–Trinajstić information content (AvgIpc) is 3.26. The molecule has 0 fully saturated rings. The van der Waals surface area contributed by atoms with Crippen molar-refractivity contribution in [3.05, 3.63) is 65.0 Å². The van der Waals surface area contributed by atoms with E-state index in [0.29, 0.717) is 51.5 Å². The van der Waals surface area contributed by atoms with E-state index in [-0.39, 0.29) is 38.6 Å². The summed E-state index contributed by atoms with van der Waals surface area (Å²) >= 11 is 45.7. The molecule has 0 saturated heterocycles. The molecule has 4 aromatic rings. The number of rotatable bonds is 6. The minimum Gasteiger partial charge on any atom is -0.397 e. The summed E-state index contributed by atoms with van der Waals surface area (Å²) in [6, 6.07) is 3.01. The maximum absolute atomic E-state index is 9.09. The van der Waals surface area contributed by atoms with Crippen molar-refractivity contribution < 1.29 is 47.7 Å². The van der Waals surface area contributed by atoms with Crippen LogP contribution < -0.4 is 0 Å². The van der Waals surface area contributed by atoms with Gasteiger partial charge >= 0.3 is 24.6 Å². The van der Waals surface area contributed by atoms with Crippen molar-refractivity contribution in [2.24, 2.45) is 0 Å². The minimum absolute atomic E-state index is 0. The SMILES string of the molecule is C.CC.CC.CCO.CCc1c(C)nc(SC)nc1Cl.CCc1c(Cl)nc(SC)nc1Cl.CSc1nc(Cl)cc(Cl)n1.CSc1nc(Cl)cc(Cl)n1.O=C=O.O=C=O.O=C=O.O=C=O.O=S(Cl)Cl. The van der Waals surface area contributed by atoms with Gasteiger partial charge in [-0.2, -0.15) is 38.4 Å². The van der Waals surface area contributed by atoms with Gasteiger partial charge in [-0.15, -0.1) is 0 Å². The Bertz CT molecular complexity index is 1790. The molecular formula is C36H49Cl9N8O10S5. The second kappa shape index (κ2) is 65.0. The fourth-order valence-electron chi connectivity index (χ4n) is 2.75. The van der Waals surface area contributed by atoms with Gasteiger partial charge in [-0.3, -0.25) is 0 Å². The van der Waals surface area contributed by atoms with E-state index in [1.165, 1.54) is 59.2 Å². The summed E-state index contributed by atoms with van der Waals surface area (Å²) in [6.45, 7) is 15.9. The van der Waals surface area contributed by atoms with E-state index < -0.39 is 9.23 Å². The van der Waals surface area contributed by atoms with Gasteiger partial charge in [0.2, 0.25) is 9.23 Å². The molecule has 0 bridgehead atoms. The number of aliphatic hydroxyl groups is 1. The Balaban J connectivity index is -0.0000000847. The lowest BCUT2D eigenvalue weighted by Gasteiger charge is -2.05. The molecule has 0 radical (unpaired) electrons. The van der Waals surface area contributed by atoms with Crippen molar-refractivity contribution >= 4 is 183 Å². The molecule has 68 heavy (non-hydrogen) atoms. The number of halogens is 9. The largest absolute Gasteiger partial charge is 0.397 e. The Morgan fingerprint density at radius 3 is 0.838 bits per heavy atom. The first kappa shape index (κ1) is 85.8. The number of aromatic nitrogens is 8. The van der Waals surface area contributed by atoms with Crippen molar-refractivity contribution in [3.8, 4) is 0 Å². The quantitative estimate of drug-likeness (QED) is 0.0812. The van der Waals surface area contributed by atoms with Gasteiger partial charge in [-0.05, 0) is 51.7 Å². The molecule has 18 nitrogen and oxygen atoms in total. The predicted molar refractivity (Wildman–Crippen MR) is 276 cm³/mol. The maximum Gasteiger partial charge on any atom is 0.373 e. The molecule has 0 aliphatic heterocycles. The van der Waals surface area contributed by atoms with Crippen LogP contribution in [0.2, 0.25) is 36.1 Å². The molecule has 386 valence electrons. The van der Waals surface area contributed by atoms with Gasteiger partial charge in [-0.25, -0.2) is 44.1 Å². The highest BCUT2D eigenvalue weighted by Gasteiger charge is 2.09. The Morgan fingerprint density at radius 2 is 0.662 bits per heavy atom. The predicted octanol–water partition coefficient (Wildman–Crippen LogP) is 12.2. The zero-order valence-electron chi connectivity index (χ0n) is 37.4. The maximum atomic E-state index is 9.09. The summed E-state index contributed by atoms with van der Waals surface area (Å²) in [4.78, 5) is 97.1. The molecule has 32 heteroatoms. The van der Waals surface area contributed by atoms with Gasteiger partial charge in [0.15, 0.2) is 20.6 Å². The van der Waals surface area contributed by atoms with Crippen molar-refractivity contribution in [1.82, 2.24) is 39.9 Å². The molecule has 0 atom stereocenters. The number of nitrogens with zero attached hydrogens (tertiary/aromatic N) is 8. The van der Waals surface area contributed by atoms with Crippen molar-refractivity contribution in [3.63, 3.8) is 0 Å². The molecular weight excluding hydrogens is 1180 g/mol. The first-order chi connectivity index (χ1) is 31.6. The molecule has 0 saturated carbocycles. The highest BCUT2D eigenvalue weighted by Crippen LogP contribution is 2.24. The molecule has 0 aliphatic rings. The normalized spacial score (nSPS) is 7.99. The summed E-state index contributed by atoms with van der Waals surface area (Å²) in [5, 5.41) is 13.1. The molecule has 4 rings (SSSR count). The van der Waals surface area contributed by atoms with Crippen molar-refractivity contribution in [2.75, 3.05) is 31.6 Å². The lowest BCUT2D eigenvalue weighted by atomic mass is 10.2. The van der Waals surface area contributed by atoms with Crippen molar-refractivity contribution in [2.45, 2.75) is 96.3 Å². The Morgan fingerprint density at radius 1 is 0.485 bits per heavy atom. The number of carbonyl (C=O) groups excluding carboxylic acids is 8. The molecule has 0 aliphatic carbocycles. The Kier molecular flexibility index (Phi) is 82.0. The van der Waals surface area contributed by atoms with Crippen LogP contribution in [0.4, 0.5) is 0 Å². The van der Waals surface area contributed by atoms with E-state index >= 15 is 0 Å². The van der Waals surface area contributed by atoms with Crippen LogP contribution >= 0.6 is 150 Å². The fourth-order valence-corrected chi connectivity index (χ4v) is 6.49. The van der Waals surface area contributed by atoms with Crippen LogP contribution in [0.1, 0.15) is 72.7 Å². The zero-order valence-corrected chi connectivity index (χ0v) is 48.3. The molecule has 0 amide bonds. The highest BCUT2D eigenvalue weighted by molar-refractivity contribution is 8.26. The number of aryl methyl sites for hydroxylation is 1. The third kappa shape index (κ3) is 58.3. The number of hydrogen-bond acceptors (Lipinski definition) is 22. The molecule has 4 heterocycles. The summed E-state index contributed by atoms with van der Waals surface area (Å²) in [5.74, 6) is 0. The molecule has 0 unspecified atom stereocenters. The van der Waals surface area contributed by atoms with E-state index in [9.17, 15) is 0 Å². The molecule has 4 aromatic heterocycles. The van der Waals surface area contributed by atoms with Crippen LogP contribution in [0, 0.1) is 6.92 Å². The van der Waals surface area contributed by atoms with Gasteiger partial charge in [-0.1, -0.05) is 177 Å². The number of hydrogen-bond donors (Lipinski definition) is 1. The Hall–Kier alpha value is -2.04. The van der Waals surface area contributed by atoms with Gasteiger partial charge < -0.3 is 5.11 Å². The van der Waals surface area contributed by atoms with Crippen LogP contribution in [0.15, 0.2) is 32.8 Å². The third-order valence-electron chi connectivity index (χ3n) is 4.75. The first-order valence-corrected chi connectivity index (χ1v) is 27.6. The number of thioether (sulfide) groups is 4. The lowest BCUT2D eigenvalue weighted by Crippen LogP contribution is -1.97. The minimum atomic E-state index is -1.67. The van der Waals surface area contributed by atoms with E-state index in [2.05, 4.69) is 68.2 Å². The van der Waals surface area contributed by atoms with Crippen LogP contribution in [0.25, 0.3) is 0 Å². The summed E-state index contributed by atoms with van der Waals surface area (Å²) in [5.41, 5.74) is 2.85. The second-order valence-electron chi connectivity index (χ2n) is 8.38. The second-order valence-corrected chi connectivity index (χ2v) is 16.6. The van der Waals surface area contributed by atoms with Crippen molar-refractivity contribution in [1.29, 1.82) is 0 Å². The van der Waals surface area contributed by atoms with Crippen LogP contribution in [0.5, 0.6) is 0 Å². The lowest BCUT2D eigenvalue weighted by molar-refractivity contribution is -0.193. The molecule has 1 N–H and O–H groups in total. The first-order valence-electron chi connectivity index (χ1n) is 17.3. The highest BCUT2D eigenvalue weighted by atomic mass is 36.0. The topological polar surface area (TPSA) is 277 Å². The molecule has 0 aromatic carbocycles. The van der Waals surface area contributed by atoms with E-state index in [1.54, 1.807) is 6.92 Å². The summed E-state index contributed by atoms with van der Waals surface area (Å²) in [7, 11) is 7.36. The van der Waals surface area contributed by atoms with E-state index in [0.717, 1.165) is 34.8 Å². The van der Waals surface area contributed by atoms with Gasteiger partial charge in [0.1, 0.15) is 36.1 Å². The van der Waals surface area contributed by atoms with Crippen LogP contribution in [-0.4, -0.2) is 105 Å². The number of aliphatic hydroxyl groups excluding tert-OH is 1. The Labute approximate surface area is 459 Å². The zero-order chi connectivity index (χ0) is 54.5. The smallest absolute Gasteiger partial charge is 0.373 e. The molecule has 0 spiro atoms. The van der Waals surface area contributed by atoms with Gasteiger partial charge in [0.25, 0.3) is 0 Å². The van der Waals surface area contributed by atoms with Gasteiger partial charge in [0.05, 0.1) is 0 Å². The van der Waals surface area contributed by atoms with E-state index in [1.807, 2.05) is 66.6 Å².